The Balaban J connectivity index is 2.38. The molecule has 11 heteroatoms. The third kappa shape index (κ3) is 28.3. The van der Waals surface area contributed by atoms with Gasteiger partial charge in [-0.3, -0.25) is 9.59 Å². The number of ether oxygens (including phenoxy) is 4. The lowest BCUT2D eigenvalue weighted by atomic mass is 9.99. The Bertz CT molecular complexity index is 1130. The number of carboxylic acid groups (broad SMARTS) is 1. The first kappa shape index (κ1) is 52.2. The molecular weight excluding hydrogens is 728 g/mol. The van der Waals surface area contributed by atoms with Gasteiger partial charge in [0.1, 0.15) is 24.9 Å². The van der Waals surface area contributed by atoms with Gasteiger partial charge in [0.15, 0.2) is 18.5 Å². The summed E-state index contributed by atoms with van der Waals surface area (Å²) in [5, 5.41) is 39.8. The maximum atomic E-state index is 12.7. The molecule has 0 amide bonds. The predicted molar refractivity (Wildman–Crippen MR) is 224 cm³/mol. The Morgan fingerprint density at radius 1 is 0.544 bits per heavy atom. The number of carbonyl (C=O) groups is 3. The van der Waals surface area contributed by atoms with Crippen molar-refractivity contribution in [2.24, 2.45) is 0 Å². The molecule has 0 saturated carbocycles. The number of aliphatic carboxylic acids is 1. The van der Waals surface area contributed by atoms with E-state index in [1.165, 1.54) is 51.4 Å². The van der Waals surface area contributed by atoms with Gasteiger partial charge in [-0.15, -0.1) is 0 Å². The molecule has 0 aliphatic carbocycles. The van der Waals surface area contributed by atoms with Gasteiger partial charge in [0.2, 0.25) is 0 Å². The van der Waals surface area contributed by atoms with Crippen molar-refractivity contribution in [1.29, 1.82) is 0 Å². The minimum absolute atomic E-state index is 0.163. The molecule has 1 fully saturated rings. The molecule has 1 aliphatic heterocycles. The Hall–Kier alpha value is -2.83. The molecule has 1 rings (SSSR count). The van der Waals surface area contributed by atoms with E-state index < -0.39 is 61.3 Å². The third-order valence-electron chi connectivity index (χ3n) is 9.88. The molecule has 0 aromatic rings. The van der Waals surface area contributed by atoms with E-state index in [0.29, 0.717) is 12.8 Å². The summed E-state index contributed by atoms with van der Waals surface area (Å²) in [6.45, 7) is 3.70. The van der Waals surface area contributed by atoms with Gasteiger partial charge in [-0.1, -0.05) is 140 Å². The summed E-state index contributed by atoms with van der Waals surface area (Å²) in [5.74, 6) is -2.48. The molecular formula is C46H78O11. The molecule has 1 heterocycles. The van der Waals surface area contributed by atoms with Crippen LogP contribution >= 0.6 is 0 Å². The van der Waals surface area contributed by atoms with Crippen LogP contribution < -0.4 is 0 Å². The van der Waals surface area contributed by atoms with E-state index in [9.17, 15) is 34.8 Å². The number of allylic oxidation sites excluding steroid dienone is 8. The summed E-state index contributed by atoms with van der Waals surface area (Å²) in [6.07, 6.45) is 33.0. The lowest BCUT2D eigenvalue weighted by Gasteiger charge is -2.38. The summed E-state index contributed by atoms with van der Waals surface area (Å²) >= 11 is 0. The van der Waals surface area contributed by atoms with Crippen molar-refractivity contribution in [3.8, 4) is 0 Å². The standard InChI is InChI=1S/C46H78O11/c1-3-5-7-9-11-13-15-17-18-19-20-21-23-24-26-28-30-32-34-39(47)54-36-38(37-55-46-43(51)41(49)42(50)44(57-46)45(52)53)56-40(48)35-33-31-29-27-25-22-16-14-12-10-8-6-4-2/h8,10,13-16,18-19,38,41-44,46,49-51H,3-7,9,11-12,17,20-37H2,1-2H3,(H,52,53)/b10-8-,15-13-,16-14-,19-18-. The molecule has 0 aromatic carbocycles. The van der Waals surface area contributed by atoms with Gasteiger partial charge in [-0.25, -0.2) is 4.79 Å². The van der Waals surface area contributed by atoms with E-state index in [4.69, 9.17) is 18.9 Å². The molecule has 57 heavy (non-hydrogen) atoms. The highest BCUT2D eigenvalue weighted by molar-refractivity contribution is 5.73. The van der Waals surface area contributed by atoms with Crippen molar-refractivity contribution in [2.75, 3.05) is 13.2 Å². The van der Waals surface area contributed by atoms with Gasteiger partial charge in [-0.2, -0.15) is 0 Å². The minimum atomic E-state index is -1.86. The van der Waals surface area contributed by atoms with Gasteiger partial charge in [0.05, 0.1) is 6.61 Å². The minimum Gasteiger partial charge on any atom is -0.479 e. The monoisotopic (exact) mass is 807 g/mol. The lowest BCUT2D eigenvalue weighted by molar-refractivity contribution is -0.298. The van der Waals surface area contributed by atoms with Crippen molar-refractivity contribution in [3.05, 3.63) is 48.6 Å². The van der Waals surface area contributed by atoms with E-state index in [-0.39, 0.29) is 19.4 Å². The fraction of sp³-hybridized carbons (Fsp3) is 0.761. The van der Waals surface area contributed by atoms with Gasteiger partial charge in [0.25, 0.3) is 0 Å². The molecule has 0 spiro atoms. The number of hydrogen-bond acceptors (Lipinski definition) is 10. The zero-order chi connectivity index (χ0) is 41.8. The fourth-order valence-electron chi connectivity index (χ4n) is 6.36. The van der Waals surface area contributed by atoms with E-state index in [1.807, 2.05) is 0 Å². The molecule has 6 unspecified atom stereocenters. The maximum Gasteiger partial charge on any atom is 0.335 e. The van der Waals surface area contributed by atoms with Crippen molar-refractivity contribution < 1.29 is 53.8 Å². The second kappa shape index (κ2) is 36.3. The largest absolute Gasteiger partial charge is 0.479 e. The molecule has 0 bridgehead atoms. The van der Waals surface area contributed by atoms with Crippen LogP contribution in [0.15, 0.2) is 48.6 Å². The molecule has 11 nitrogen and oxygen atoms in total. The van der Waals surface area contributed by atoms with Gasteiger partial charge in [0, 0.05) is 12.8 Å². The van der Waals surface area contributed by atoms with E-state index in [2.05, 4.69) is 62.5 Å². The number of aliphatic hydroxyl groups excluding tert-OH is 3. The van der Waals surface area contributed by atoms with Crippen LogP contribution in [-0.2, 0) is 33.3 Å². The number of carbonyl (C=O) groups excluding carboxylic acids is 2. The zero-order valence-corrected chi connectivity index (χ0v) is 35.3. The van der Waals surface area contributed by atoms with Gasteiger partial charge >= 0.3 is 17.9 Å². The summed E-state index contributed by atoms with van der Waals surface area (Å²) in [5.41, 5.74) is 0. The number of rotatable bonds is 36. The highest BCUT2D eigenvalue weighted by Gasteiger charge is 2.47. The molecule has 1 aliphatic rings. The van der Waals surface area contributed by atoms with Crippen molar-refractivity contribution in [3.63, 3.8) is 0 Å². The van der Waals surface area contributed by atoms with E-state index >= 15 is 0 Å². The van der Waals surface area contributed by atoms with Gasteiger partial charge < -0.3 is 39.4 Å². The Morgan fingerprint density at radius 2 is 1.02 bits per heavy atom. The summed E-state index contributed by atoms with van der Waals surface area (Å²) in [7, 11) is 0. The summed E-state index contributed by atoms with van der Waals surface area (Å²) < 4.78 is 21.7. The van der Waals surface area contributed by atoms with Crippen LogP contribution in [-0.4, -0.2) is 88.4 Å². The average molecular weight is 807 g/mol. The summed E-state index contributed by atoms with van der Waals surface area (Å²) in [4.78, 5) is 36.8. The van der Waals surface area contributed by atoms with Crippen LogP contribution in [0.1, 0.15) is 174 Å². The van der Waals surface area contributed by atoms with Crippen LogP contribution in [0.4, 0.5) is 0 Å². The molecule has 0 radical (unpaired) electrons. The van der Waals surface area contributed by atoms with E-state index in [0.717, 1.165) is 83.5 Å². The Kier molecular flexibility index (Phi) is 33.2. The summed E-state index contributed by atoms with van der Waals surface area (Å²) in [6, 6.07) is 0. The van der Waals surface area contributed by atoms with Crippen molar-refractivity contribution in [2.45, 2.75) is 211 Å². The second-order valence-corrected chi connectivity index (χ2v) is 15.2. The van der Waals surface area contributed by atoms with Crippen molar-refractivity contribution >= 4 is 17.9 Å². The first-order valence-corrected chi connectivity index (χ1v) is 22.2. The molecule has 328 valence electrons. The van der Waals surface area contributed by atoms with Crippen molar-refractivity contribution in [1.82, 2.24) is 0 Å². The number of unbranched alkanes of at least 4 members (excludes halogenated alkanes) is 17. The first-order chi connectivity index (χ1) is 27.7. The smallest absolute Gasteiger partial charge is 0.335 e. The van der Waals surface area contributed by atoms with Crippen LogP contribution in [0.3, 0.4) is 0 Å². The fourth-order valence-corrected chi connectivity index (χ4v) is 6.36. The predicted octanol–water partition coefficient (Wildman–Crippen LogP) is 9.37. The topological polar surface area (TPSA) is 169 Å². The SMILES string of the molecule is CCC/C=C\C/C=C\CCCCCCCC(=O)OC(COC(=O)CCCCCCCCC/C=C\C/C=C\CCCCCC)COC1OC(C(=O)O)C(O)C(O)C1O. The second-order valence-electron chi connectivity index (χ2n) is 15.2. The number of aliphatic hydroxyl groups is 3. The number of carboxylic acids is 1. The Morgan fingerprint density at radius 3 is 1.53 bits per heavy atom. The third-order valence-corrected chi connectivity index (χ3v) is 9.88. The van der Waals surface area contributed by atoms with Crippen LogP contribution in [0.25, 0.3) is 0 Å². The highest BCUT2D eigenvalue weighted by atomic mass is 16.7. The maximum absolute atomic E-state index is 12.7. The van der Waals surface area contributed by atoms with Gasteiger partial charge in [-0.05, 0) is 70.6 Å². The van der Waals surface area contributed by atoms with Crippen LogP contribution in [0.5, 0.6) is 0 Å². The normalized spacial score (nSPS) is 20.6. The quantitative estimate of drug-likeness (QED) is 0.0270. The molecule has 1 saturated heterocycles. The lowest BCUT2D eigenvalue weighted by Crippen LogP contribution is -2.60. The van der Waals surface area contributed by atoms with Crippen LogP contribution in [0, 0.1) is 0 Å². The Labute approximate surface area is 344 Å². The zero-order valence-electron chi connectivity index (χ0n) is 35.3. The number of hydrogen-bond donors (Lipinski definition) is 4. The highest BCUT2D eigenvalue weighted by Crippen LogP contribution is 2.23. The molecule has 0 aromatic heterocycles. The van der Waals surface area contributed by atoms with Crippen LogP contribution in [0.2, 0.25) is 0 Å². The van der Waals surface area contributed by atoms with E-state index in [1.54, 1.807) is 0 Å². The molecule has 6 atom stereocenters. The average Bonchev–Trinajstić information content (AvgIpc) is 3.19. The number of esters is 2. The first-order valence-electron chi connectivity index (χ1n) is 22.2. The molecule has 4 N–H and O–H groups in total.